The Kier molecular flexibility index (Phi) is 5.28. The highest BCUT2D eigenvalue weighted by molar-refractivity contribution is 7.99. The van der Waals surface area contributed by atoms with E-state index in [0.29, 0.717) is 17.9 Å². The maximum atomic E-state index is 9.19. The Morgan fingerprint density at radius 3 is 2.57 bits per heavy atom. The van der Waals surface area contributed by atoms with Crippen molar-refractivity contribution in [3.05, 3.63) is 0 Å². The number of aliphatic hydroxyl groups excluding tert-OH is 1. The molecule has 0 spiro atoms. The molecule has 2 unspecified atom stereocenters. The van der Waals surface area contributed by atoms with Gasteiger partial charge in [-0.15, -0.1) is 0 Å². The molecule has 14 heavy (non-hydrogen) atoms. The molecule has 84 valence electrons. The molecule has 0 aliphatic carbocycles. The highest BCUT2D eigenvalue weighted by Crippen LogP contribution is 2.26. The van der Waals surface area contributed by atoms with Crippen LogP contribution in [0.3, 0.4) is 0 Å². The smallest absolute Gasteiger partial charge is 0.0565 e. The first-order chi connectivity index (χ1) is 6.72. The summed E-state index contributed by atoms with van der Waals surface area (Å²) < 4.78 is 0. The molecular weight excluding hydrogens is 194 g/mol. The van der Waals surface area contributed by atoms with Gasteiger partial charge in [-0.3, -0.25) is 4.90 Å². The SMILES string of the molecule is CCCC1CN(C(C)C(CO)SC)C1. The van der Waals surface area contributed by atoms with Crippen LogP contribution in [0.4, 0.5) is 0 Å². The van der Waals surface area contributed by atoms with Gasteiger partial charge in [0.25, 0.3) is 0 Å². The molecule has 2 nitrogen and oxygen atoms in total. The van der Waals surface area contributed by atoms with E-state index >= 15 is 0 Å². The molecule has 0 aromatic rings. The van der Waals surface area contributed by atoms with Gasteiger partial charge in [0.1, 0.15) is 0 Å². The monoisotopic (exact) mass is 217 g/mol. The zero-order valence-electron chi connectivity index (χ0n) is 9.57. The van der Waals surface area contributed by atoms with Crippen molar-refractivity contribution in [3.8, 4) is 0 Å². The minimum atomic E-state index is 0.303. The molecule has 0 saturated carbocycles. The van der Waals surface area contributed by atoms with Crippen LogP contribution in [-0.2, 0) is 0 Å². The number of nitrogens with zero attached hydrogens (tertiary/aromatic N) is 1. The summed E-state index contributed by atoms with van der Waals surface area (Å²) in [6.07, 6.45) is 4.76. The van der Waals surface area contributed by atoms with Gasteiger partial charge in [0.15, 0.2) is 0 Å². The number of rotatable bonds is 6. The topological polar surface area (TPSA) is 23.5 Å². The number of likely N-dealkylation sites (tertiary alicyclic amines) is 1. The Balaban J connectivity index is 2.24. The van der Waals surface area contributed by atoms with E-state index in [0.717, 1.165) is 5.92 Å². The van der Waals surface area contributed by atoms with Crippen LogP contribution < -0.4 is 0 Å². The van der Waals surface area contributed by atoms with E-state index in [2.05, 4.69) is 25.0 Å². The third-order valence-electron chi connectivity index (χ3n) is 3.28. The molecule has 1 N–H and O–H groups in total. The first-order valence-electron chi connectivity index (χ1n) is 5.60. The van der Waals surface area contributed by atoms with E-state index in [1.807, 2.05) is 0 Å². The van der Waals surface area contributed by atoms with Gasteiger partial charge in [0, 0.05) is 24.4 Å². The van der Waals surface area contributed by atoms with E-state index < -0.39 is 0 Å². The highest BCUT2D eigenvalue weighted by atomic mass is 32.2. The lowest BCUT2D eigenvalue weighted by Gasteiger charge is -2.45. The van der Waals surface area contributed by atoms with Crippen molar-refractivity contribution >= 4 is 11.8 Å². The first-order valence-corrected chi connectivity index (χ1v) is 6.89. The second kappa shape index (κ2) is 5.99. The Hall–Kier alpha value is 0.270. The number of aliphatic hydroxyl groups is 1. The average molecular weight is 217 g/mol. The van der Waals surface area contributed by atoms with Crippen LogP contribution in [0.5, 0.6) is 0 Å². The lowest BCUT2D eigenvalue weighted by Crippen LogP contribution is -2.54. The molecular formula is C11H23NOS. The van der Waals surface area contributed by atoms with Crippen LogP contribution in [0.25, 0.3) is 0 Å². The first kappa shape index (κ1) is 12.3. The zero-order chi connectivity index (χ0) is 10.6. The van der Waals surface area contributed by atoms with E-state index in [4.69, 9.17) is 0 Å². The Morgan fingerprint density at radius 1 is 1.50 bits per heavy atom. The van der Waals surface area contributed by atoms with Gasteiger partial charge in [-0.25, -0.2) is 0 Å². The van der Waals surface area contributed by atoms with Crippen LogP contribution in [-0.4, -0.2) is 47.3 Å². The molecule has 3 heteroatoms. The minimum absolute atomic E-state index is 0.303. The molecule has 1 rings (SSSR count). The summed E-state index contributed by atoms with van der Waals surface area (Å²) in [5.41, 5.74) is 0. The number of hydrogen-bond donors (Lipinski definition) is 1. The molecule has 0 aromatic heterocycles. The van der Waals surface area contributed by atoms with Crippen molar-refractivity contribution < 1.29 is 5.11 Å². The van der Waals surface area contributed by atoms with Gasteiger partial charge in [-0.2, -0.15) is 11.8 Å². The predicted octanol–water partition coefficient (Wildman–Crippen LogP) is 1.83. The summed E-state index contributed by atoms with van der Waals surface area (Å²) in [5, 5.41) is 9.57. The molecule has 2 atom stereocenters. The molecule has 1 saturated heterocycles. The fourth-order valence-electron chi connectivity index (χ4n) is 2.19. The second-order valence-corrected chi connectivity index (χ2v) is 5.38. The Labute approximate surface area is 92.1 Å². The zero-order valence-corrected chi connectivity index (χ0v) is 10.4. The summed E-state index contributed by atoms with van der Waals surface area (Å²) in [7, 11) is 0. The maximum Gasteiger partial charge on any atom is 0.0565 e. The van der Waals surface area contributed by atoms with E-state index in [1.165, 1.54) is 25.9 Å². The highest BCUT2D eigenvalue weighted by Gasteiger charge is 2.32. The van der Waals surface area contributed by atoms with Gasteiger partial charge in [0.2, 0.25) is 0 Å². The standard InChI is InChI=1S/C11H23NOS/c1-4-5-10-6-12(7-10)9(2)11(8-13)14-3/h9-11,13H,4-8H2,1-3H3. The molecule has 1 fully saturated rings. The number of thioether (sulfide) groups is 1. The van der Waals surface area contributed by atoms with E-state index in [9.17, 15) is 5.11 Å². The lowest BCUT2D eigenvalue weighted by molar-refractivity contribution is 0.0470. The average Bonchev–Trinajstić information content (AvgIpc) is 2.12. The Morgan fingerprint density at radius 2 is 2.14 bits per heavy atom. The van der Waals surface area contributed by atoms with E-state index in [-0.39, 0.29) is 0 Å². The van der Waals surface area contributed by atoms with Crippen LogP contribution in [0.2, 0.25) is 0 Å². The van der Waals surface area contributed by atoms with Crippen molar-refractivity contribution in [1.29, 1.82) is 0 Å². The van der Waals surface area contributed by atoms with Crippen molar-refractivity contribution in [1.82, 2.24) is 4.90 Å². The molecule has 1 aliphatic heterocycles. The predicted molar refractivity (Wildman–Crippen MR) is 63.8 cm³/mol. The summed E-state index contributed by atoms with van der Waals surface area (Å²) in [4.78, 5) is 2.50. The van der Waals surface area contributed by atoms with Crippen molar-refractivity contribution in [3.63, 3.8) is 0 Å². The summed E-state index contributed by atoms with van der Waals surface area (Å²) >= 11 is 1.78. The van der Waals surface area contributed by atoms with Crippen molar-refractivity contribution in [2.45, 2.75) is 38.0 Å². The molecule has 0 radical (unpaired) electrons. The van der Waals surface area contributed by atoms with Gasteiger partial charge in [0.05, 0.1) is 6.61 Å². The maximum absolute atomic E-state index is 9.19. The van der Waals surface area contributed by atoms with Gasteiger partial charge in [-0.1, -0.05) is 13.3 Å². The lowest BCUT2D eigenvalue weighted by atomic mass is 9.93. The molecule has 0 amide bonds. The van der Waals surface area contributed by atoms with Gasteiger partial charge in [-0.05, 0) is 25.5 Å². The summed E-state index contributed by atoms with van der Waals surface area (Å²) in [6, 6.07) is 0.531. The molecule has 0 aromatic carbocycles. The van der Waals surface area contributed by atoms with E-state index in [1.54, 1.807) is 11.8 Å². The quantitative estimate of drug-likeness (QED) is 0.734. The van der Waals surface area contributed by atoms with Crippen molar-refractivity contribution in [2.75, 3.05) is 26.0 Å². The third kappa shape index (κ3) is 2.88. The molecule has 1 heterocycles. The van der Waals surface area contributed by atoms with Crippen LogP contribution in [0, 0.1) is 5.92 Å². The van der Waals surface area contributed by atoms with Crippen LogP contribution >= 0.6 is 11.8 Å². The van der Waals surface area contributed by atoms with Gasteiger partial charge < -0.3 is 5.11 Å². The summed E-state index contributed by atoms with van der Waals surface area (Å²) in [5.74, 6) is 0.920. The number of hydrogen-bond acceptors (Lipinski definition) is 3. The van der Waals surface area contributed by atoms with Crippen LogP contribution in [0.15, 0.2) is 0 Å². The minimum Gasteiger partial charge on any atom is -0.395 e. The molecule has 0 bridgehead atoms. The third-order valence-corrected chi connectivity index (χ3v) is 4.43. The van der Waals surface area contributed by atoms with Gasteiger partial charge >= 0.3 is 0 Å². The van der Waals surface area contributed by atoms with Crippen molar-refractivity contribution in [2.24, 2.45) is 5.92 Å². The largest absolute Gasteiger partial charge is 0.395 e. The summed E-state index contributed by atoms with van der Waals surface area (Å²) in [6.45, 7) is 7.28. The Bertz CT molecular complexity index is 155. The molecule has 1 aliphatic rings. The normalized spacial score (nSPS) is 23.1. The fraction of sp³-hybridized carbons (Fsp3) is 1.00. The fourth-order valence-corrected chi connectivity index (χ4v) is 2.91. The van der Waals surface area contributed by atoms with Crippen LogP contribution in [0.1, 0.15) is 26.7 Å². The second-order valence-electron chi connectivity index (χ2n) is 4.31.